The summed E-state index contributed by atoms with van der Waals surface area (Å²) in [6, 6.07) is 9.46. The summed E-state index contributed by atoms with van der Waals surface area (Å²) in [6.07, 6.45) is 5.98. The zero-order chi connectivity index (χ0) is 13.4. The zero-order valence-corrected chi connectivity index (χ0v) is 12.3. The third kappa shape index (κ3) is 5.50. The molecule has 0 radical (unpaired) electrons. The molecule has 1 rings (SSSR count). The molecule has 1 aromatic rings. The highest BCUT2D eigenvalue weighted by Gasteiger charge is 2.03. The van der Waals surface area contributed by atoms with E-state index < -0.39 is 0 Å². The van der Waals surface area contributed by atoms with Crippen molar-refractivity contribution in [3.63, 3.8) is 0 Å². The van der Waals surface area contributed by atoms with Crippen molar-refractivity contribution in [1.82, 2.24) is 5.32 Å². The number of allylic oxidation sites excluding steroid dienone is 1. The molecule has 18 heavy (non-hydrogen) atoms. The van der Waals surface area contributed by atoms with Gasteiger partial charge in [-0.15, -0.1) is 0 Å². The Labute approximate surface area is 112 Å². The molecule has 0 saturated heterocycles. The molecule has 0 saturated carbocycles. The minimum Gasteiger partial charge on any atom is -0.307 e. The van der Waals surface area contributed by atoms with Gasteiger partial charge in [-0.25, -0.2) is 0 Å². The van der Waals surface area contributed by atoms with Crippen molar-refractivity contribution in [3.05, 3.63) is 47.0 Å². The first kappa shape index (κ1) is 15.0. The van der Waals surface area contributed by atoms with Crippen molar-refractivity contribution < 1.29 is 0 Å². The molecule has 0 aromatic heterocycles. The minimum absolute atomic E-state index is 0.417. The van der Waals surface area contributed by atoms with Gasteiger partial charge >= 0.3 is 0 Å². The first-order valence-electron chi connectivity index (χ1n) is 7.09. The number of aryl methyl sites for hydroxylation is 1. The Morgan fingerprint density at radius 2 is 1.89 bits per heavy atom. The van der Waals surface area contributed by atoms with Gasteiger partial charge in [0.2, 0.25) is 0 Å². The first-order valence-corrected chi connectivity index (χ1v) is 7.09. The van der Waals surface area contributed by atoms with E-state index in [-0.39, 0.29) is 0 Å². The van der Waals surface area contributed by atoms with Crippen LogP contribution in [0.15, 0.2) is 35.9 Å². The fraction of sp³-hybridized carbons (Fsp3) is 0.529. The van der Waals surface area contributed by atoms with E-state index in [1.54, 1.807) is 0 Å². The summed E-state index contributed by atoms with van der Waals surface area (Å²) < 4.78 is 0. The summed E-state index contributed by atoms with van der Waals surface area (Å²) >= 11 is 0. The van der Waals surface area contributed by atoms with Crippen LogP contribution >= 0.6 is 0 Å². The summed E-state index contributed by atoms with van der Waals surface area (Å²) in [4.78, 5) is 0. The highest BCUT2D eigenvalue weighted by atomic mass is 14.9. The lowest BCUT2D eigenvalue weighted by atomic mass is 10.0. The Kier molecular flexibility index (Phi) is 6.74. The van der Waals surface area contributed by atoms with Crippen LogP contribution in [0.4, 0.5) is 0 Å². The van der Waals surface area contributed by atoms with E-state index in [4.69, 9.17) is 0 Å². The monoisotopic (exact) mass is 245 g/mol. The first-order chi connectivity index (χ1) is 8.63. The predicted molar refractivity (Wildman–Crippen MR) is 80.9 cm³/mol. The standard InChI is InChI=1S/C17H27N/c1-5-6-7-16-8-10-17(11-9-16)15(4)18-13-12-14(2)3/h8-12,15,18H,5-7,13H2,1-4H3. The summed E-state index contributed by atoms with van der Waals surface area (Å²) in [7, 11) is 0. The lowest BCUT2D eigenvalue weighted by molar-refractivity contribution is 0.616. The fourth-order valence-corrected chi connectivity index (χ4v) is 1.91. The fourth-order valence-electron chi connectivity index (χ4n) is 1.91. The summed E-state index contributed by atoms with van der Waals surface area (Å²) in [5, 5.41) is 3.52. The number of hydrogen-bond acceptors (Lipinski definition) is 1. The molecule has 0 aliphatic carbocycles. The third-order valence-corrected chi connectivity index (χ3v) is 3.23. The molecule has 0 spiro atoms. The minimum atomic E-state index is 0.417. The zero-order valence-electron chi connectivity index (χ0n) is 12.3. The molecule has 1 N–H and O–H groups in total. The number of nitrogens with one attached hydrogen (secondary N) is 1. The maximum Gasteiger partial charge on any atom is 0.0294 e. The highest BCUT2D eigenvalue weighted by molar-refractivity contribution is 5.24. The maximum atomic E-state index is 3.52. The van der Waals surface area contributed by atoms with E-state index in [1.165, 1.54) is 36.0 Å². The molecule has 1 heteroatoms. The largest absolute Gasteiger partial charge is 0.307 e. The average Bonchev–Trinajstić information content (AvgIpc) is 2.36. The average molecular weight is 245 g/mol. The van der Waals surface area contributed by atoms with Crippen LogP contribution in [-0.2, 0) is 6.42 Å². The van der Waals surface area contributed by atoms with E-state index in [1.807, 2.05) is 0 Å². The van der Waals surface area contributed by atoms with Gasteiger partial charge in [-0.1, -0.05) is 49.3 Å². The van der Waals surface area contributed by atoms with Crippen molar-refractivity contribution in [2.45, 2.75) is 53.0 Å². The van der Waals surface area contributed by atoms with Crippen LogP contribution in [-0.4, -0.2) is 6.54 Å². The molecule has 0 fully saturated rings. The lowest BCUT2D eigenvalue weighted by Gasteiger charge is -2.13. The van der Waals surface area contributed by atoms with Crippen molar-refractivity contribution in [1.29, 1.82) is 0 Å². The molecule has 0 bridgehead atoms. The second kappa shape index (κ2) is 8.10. The van der Waals surface area contributed by atoms with Gasteiger partial charge in [0.25, 0.3) is 0 Å². The number of rotatable bonds is 7. The van der Waals surface area contributed by atoms with Gasteiger partial charge in [-0.3, -0.25) is 0 Å². The molecule has 1 atom stereocenters. The Bertz CT molecular complexity index is 358. The summed E-state index contributed by atoms with van der Waals surface area (Å²) in [5.41, 5.74) is 4.19. The number of hydrogen-bond donors (Lipinski definition) is 1. The van der Waals surface area contributed by atoms with Gasteiger partial charge in [0.05, 0.1) is 0 Å². The van der Waals surface area contributed by atoms with Gasteiger partial charge in [0, 0.05) is 12.6 Å². The molecular weight excluding hydrogens is 218 g/mol. The Morgan fingerprint density at radius 1 is 1.22 bits per heavy atom. The van der Waals surface area contributed by atoms with Gasteiger partial charge < -0.3 is 5.32 Å². The molecule has 0 heterocycles. The third-order valence-electron chi connectivity index (χ3n) is 3.23. The molecule has 0 aliphatic heterocycles. The predicted octanol–water partition coefficient (Wildman–Crippen LogP) is 4.65. The van der Waals surface area contributed by atoms with E-state index in [0.717, 1.165) is 6.54 Å². The molecule has 100 valence electrons. The Balaban J connectivity index is 2.48. The van der Waals surface area contributed by atoms with E-state index >= 15 is 0 Å². The van der Waals surface area contributed by atoms with Crippen LogP contribution in [0.3, 0.4) is 0 Å². The van der Waals surface area contributed by atoms with Gasteiger partial charge in [0.1, 0.15) is 0 Å². The van der Waals surface area contributed by atoms with Crippen molar-refractivity contribution >= 4 is 0 Å². The van der Waals surface area contributed by atoms with E-state index in [2.05, 4.69) is 63.4 Å². The molecular formula is C17H27N. The second-order valence-corrected chi connectivity index (χ2v) is 5.26. The maximum absolute atomic E-state index is 3.52. The van der Waals surface area contributed by atoms with E-state index in [9.17, 15) is 0 Å². The lowest BCUT2D eigenvalue weighted by Crippen LogP contribution is -2.18. The number of unbranched alkanes of at least 4 members (excludes halogenated alkanes) is 1. The van der Waals surface area contributed by atoms with Crippen LogP contribution in [0.1, 0.15) is 57.7 Å². The number of benzene rings is 1. The van der Waals surface area contributed by atoms with Gasteiger partial charge in [-0.2, -0.15) is 0 Å². The topological polar surface area (TPSA) is 12.0 Å². The van der Waals surface area contributed by atoms with Crippen molar-refractivity contribution in [2.75, 3.05) is 6.54 Å². The molecule has 1 aromatic carbocycles. The van der Waals surface area contributed by atoms with Crippen LogP contribution in [0.25, 0.3) is 0 Å². The Hall–Kier alpha value is -1.08. The van der Waals surface area contributed by atoms with Crippen LogP contribution in [0.5, 0.6) is 0 Å². The van der Waals surface area contributed by atoms with Crippen molar-refractivity contribution in [3.8, 4) is 0 Å². The van der Waals surface area contributed by atoms with Gasteiger partial charge in [-0.05, 0) is 44.7 Å². The second-order valence-electron chi connectivity index (χ2n) is 5.26. The van der Waals surface area contributed by atoms with Crippen LogP contribution < -0.4 is 5.32 Å². The summed E-state index contributed by atoms with van der Waals surface area (Å²) in [5.74, 6) is 0. The normalized spacial score (nSPS) is 12.2. The Morgan fingerprint density at radius 3 is 2.44 bits per heavy atom. The quantitative estimate of drug-likeness (QED) is 0.690. The van der Waals surface area contributed by atoms with E-state index in [0.29, 0.717) is 6.04 Å². The van der Waals surface area contributed by atoms with Crippen LogP contribution in [0, 0.1) is 0 Å². The smallest absolute Gasteiger partial charge is 0.0294 e. The van der Waals surface area contributed by atoms with Crippen LogP contribution in [0.2, 0.25) is 0 Å². The SMILES string of the molecule is CCCCc1ccc(C(C)NCC=C(C)C)cc1. The van der Waals surface area contributed by atoms with Gasteiger partial charge in [0.15, 0.2) is 0 Å². The molecule has 0 aliphatic rings. The highest BCUT2D eigenvalue weighted by Crippen LogP contribution is 2.14. The molecule has 1 unspecified atom stereocenters. The summed E-state index contributed by atoms with van der Waals surface area (Å²) in [6.45, 7) is 9.67. The molecule has 1 nitrogen and oxygen atoms in total. The molecule has 0 amide bonds. The van der Waals surface area contributed by atoms with Crippen molar-refractivity contribution in [2.24, 2.45) is 0 Å².